The molecule has 312 valence electrons. The maximum absolute atomic E-state index is 14.1. The number of esters is 1. The van der Waals surface area contributed by atoms with Crippen molar-refractivity contribution in [1.82, 2.24) is 9.88 Å². The van der Waals surface area contributed by atoms with Crippen LogP contribution in [0.1, 0.15) is 59.7 Å². The number of nitrogens with zero attached hydrogens (tertiary/aromatic N) is 3. The second-order valence-electron chi connectivity index (χ2n) is 14.0. The van der Waals surface area contributed by atoms with Gasteiger partial charge in [0.2, 0.25) is 10.0 Å². The zero-order valence-electron chi connectivity index (χ0n) is 31.6. The van der Waals surface area contributed by atoms with Crippen LogP contribution in [0.5, 0.6) is 17.2 Å². The van der Waals surface area contributed by atoms with Gasteiger partial charge in [0.05, 0.1) is 54.0 Å². The highest BCUT2D eigenvalue weighted by atomic mass is 35.5. The van der Waals surface area contributed by atoms with Gasteiger partial charge in [-0.25, -0.2) is 13.2 Å². The molecule has 0 amide bonds. The number of halogens is 4. The first-order valence-corrected chi connectivity index (χ1v) is 21.5. The van der Waals surface area contributed by atoms with Crippen molar-refractivity contribution in [3.63, 3.8) is 0 Å². The zero-order valence-corrected chi connectivity index (χ0v) is 33.9. The fraction of sp³-hybridized carbons (Fsp3) is 0.538. The maximum atomic E-state index is 14.1. The Hall–Kier alpha value is -3.51. The first kappa shape index (κ1) is 43.1. The summed E-state index contributed by atoms with van der Waals surface area (Å²) in [4.78, 5) is 20.2. The van der Waals surface area contributed by atoms with Crippen molar-refractivity contribution in [2.24, 2.45) is 5.92 Å². The molecule has 13 nitrogen and oxygen atoms in total. The Balaban J connectivity index is 1.29. The summed E-state index contributed by atoms with van der Waals surface area (Å²) in [5.74, 6) is -0.477. The fourth-order valence-corrected chi connectivity index (χ4v) is 7.87. The van der Waals surface area contributed by atoms with Crippen LogP contribution >= 0.6 is 23.2 Å². The van der Waals surface area contributed by atoms with Gasteiger partial charge in [0.1, 0.15) is 18.5 Å². The number of aromatic nitrogens is 1. The van der Waals surface area contributed by atoms with Crippen molar-refractivity contribution in [2.45, 2.75) is 57.5 Å². The molecule has 2 aromatic carbocycles. The average molecular weight is 859 g/mol. The van der Waals surface area contributed by atoms with Gasteiger partial charge in [-0.3, -0.25) is 14.2 Å². The molecule has 3 aromatic rings. The van der Waals surface area contributed by atoms with Gasteiger partial charge in [-0.2, -0.15) is 8.78 Å². The number of morpholine rings is 1. The summed E-state index contributed by atoms with van der Waals surface area (Å²) in [6.07, 6.45) is 7.11. The number of carbonyl (C=O) groups is 1. The van der Waals surface area contributed by atoms with Crippen molar-refractivity contribution >= 4 is 44.9 Å². The van der Waals surface area contributed by atoms with E-state index in [0.29, 0.717) is 63.1 Å². The van der Waals surface area contributed by atoms with Crippen LogP contribution in [-0.2, 0) is 35.4 Å². The first-order chi connectivity index (χ1) is 27.4. The molecule has 0 N–H and O–H groups in total. The minimum absolute atomic E-state index is 0.0194. The highest BCUT2D eigenvalue weighted by Gasteiger charge is 2.28. The predicted molar refractivity (Wildman–Crippen MR) is 208 cm³/mol. The van der Waals surface area contributed by atoms with Crippen LogP contribution < -0.4 is 18.5 Å². The normalized spacial score (nSPS) is 18.2. The van der Waals surface area contributed by atoms with E-state index in [9.17, 15) is 22.0 Å². The lowest BCUT2D eigenvalue weighted by Gasteiger charge is -2.31. The summed E-state index contributed by atoms with van der Waals surface area (Å²) in [7, 11) is -3.81. The van der Waals surface area contributed by atoms with E-state index < -0.39 is 28.7 Å². The van der Waals surface area contributed by atoms with E-state index in [-0.39, 0.29) is 71.0 Å². The monoisotopic (exact) mass is 857 g/mol. The smallest absolute Gasteiger partial charge is 0.387 e. The molecular weight excluding hydrogens is 811 g/mol. The van der Waals surface area contributed by atoms with Gasteiger partial charge in [0, 0.05) is 51.6 Å². The predicted octanol–water partition coefficient (Wildman–Crippen LogP) is 6.94. The molecule has 0 spiro atoms. The van der Waals surface area contributed by atoms with Crippen molar-refractivity contribution in [2.75, 3.05) is 76.4 Å². The lowest BCUT2D eigenvalue weighted by atomic mass is 10.0. The number of rotatable bonds is 20. The molecule has 3 fully saturated rings. The van der Waals surface area contributed by atoms with Crippen LogP contribution in [0, 0.1) is 5.92 Å². The SMILES string of the molecule is CS(=O)(=O)N(CCN1CCOCC1)c1ccc(C(=O)O[C@@H](Cc2c(Cl)cncc2Cl)c2ccc(OC(F)F)c(OCC3CC3)c2)cc1OCCOC1CCCCO1. The van der Waals surface area contributed by atoms with Crippen LogP contribution in [0.25, 0.3) is 0 Å². The average Bonchev–Trinajstić information content (AvgIpc) is 4.02. The van der Waals surface area contributed by atoms with E-state index in [1.54, 1.807) is 0 Å². The molecule has 2 atom stereocenters. The van der Waals surface area contributed by atoms with Crippen LogP contribution in [-0.4, -0.2) is 109 Å². The number of hydrogen-bond donors (Lipinski definition) is 0. The molecule has 1 unspecified atom stereocenters. The van der Waals surface area contributed by atoms with E-state index >= 15 is 0 Å². The highest BCUT2D eigenvalue weighted by Crippen LogP contribution is 2.39. The maximum Gasteiger partial charge on any atom is 0.387 e. The number of benzene rings is 2. The summed E-state index contributed by atoms with van der Waals surface area (Å²) in [5.41, 5.74) is 1.10. The van der Waals surface area contributed by atoms with Crippen molar-refractivity contribution in [3.8, 4) is 17.2 Å². The molecule has 3 heterocycles. The van der Waals surface area contributed by atoms with Gasteiger partial charge in [0.25, 0.3) is 0 Å². The third-order valence-electron chi connectivity index (χ3n) is 9.69. The van der Waals surface area contributed by atoms with Crippen LogP contribution in [0.2, 0.25) is 10.0 Å². The standard InChI is InChI=1S/C39H47Cl2F2N3O10S/c1-57(48,49)46(12-11-45-13-16-50-17-14-45)32-9-7-28(21-35(32)51-18-19-53-37-4-2-3-15-52-37)38(47)55-34(22-29-30(40)23-44-24-31(29)41)27-8-10-33(56-39(42)43)36(20-27)54-25-26-5-6-26/h7-10,20-21,23-24,26,34,37,39H,2-6,11-19,22,25H2,1H3/t34-,37?/m0/s1. The van der Waals surface area contributed by atoms with E-state index in [0.717, 1.165) is 38.4 Å². The molecule has 1 aliphatic carbocycles. The second kappa shape index (κ2) is 20.5. The largest absolute Gasteiger partial charge is 0.489 e. The Morgan fingerprint density at radius 2 is 1.74 bits per heavy atom. The molecule has 3 aliphatic rings. The van der Waals surface area contributed by atoms with E-state index in [1.165, 1.54) is 53.1 Å². The van der Waals surface area contributed by atoms with Gasteiger partial charge in [-0.15, -0.1) is 0 Å². The topological polar surface area (TPSA) is 135 Å². The van der Waals surface area contributed by atoms with Crippen molar-refractivity contribution in [1.29, 1.82) is 0 Å². The van der Waals surface area contributed by atoms with Crippen molar-refractivity contribution < 1.29 is 55.2 Å². The number of ether oxygens (including phenoxy) is 7. The molecule has 1 aromatic heterocycles. The quantitative estimate of drug-likeness (QED) is 0.0861. The van der Waals surface area contributed by atoms with Gasteiger partial charge >= 0.3 is 12.6 Å². The number of carbonyl (C=O) groups excluding carboxylic acids is 1. The van der Waals surface area contributed by atoms with Gasteiger partial charge < -0.3 is 33.2 Å². The summed E-state index contributed by atoms with van der Waals surface area (Å²) in [6, 6.07) is 8.70. The fourth-order valence-electron chi connectivity index (χ4n) is 6.42. The number of sulfonamides is 1. The van der Waals surface area contributed by atoms with Gasteiger partial charge in [0.15, 0.2) is 17.8 Å². The third kappa shape index (κ3) is 12.7. The molecule has 0 bridgehead atoms. The minimum atomic E-state index is -3.81. The van der Waals surface area contributed by atoms with Crippen LogP contribution in [0.4, 0.5) is 14.5 Å². The number of alkyl halides is 2. The van der Waals surface area contributed by atoms with Gasteiger partial charge in [-0.1, -0.05) is 29.3 Å². The summed E-state index contributed by atoms with van der Waals surface area (Å²) >= 11 is 13.0. The molecule has 2 saturated heterocycles. The summed E-state index contributed by atoms with van der Waals surface area (Å²) in [6.45, 7) is 1.01. The minimum Gasteiger partial charge on any atom is -0.489 e. The van der Waals surface area contributed by atoms with Crippen molar-refractivity contribution in [3.05, 3.63) is 75.5 Å². The lowest BCUT2D eigenvalue weighted by molar-refractivity contribution is -0.165. The first-order valence-electron chi connectivity index (χ1n) is 18.9. The van der Waals surface area contributed by atoms with E-state index in [2.05, 4.69) is 9.88 Å². The van der Waals surface area contributed by atoms with Gasteiger partial charge in [-0.05, 0) is 79.5 Å². The van der Waals surface area contributed by atoms with E-state index in [1.807, 2.05) is 0 Å². The Kier molecular flexibility index (Phi) is 15.5. The summed E-state index contributed by atoms with van der Waals surface area (Å²) < 4.78 is 94.3. The molecular formula is C39H47Cl2F2N3O10S. The Morgan fingerprint density at radius 1 is 0.965 bits per heavy atom. The third-order valence-corrected chi connectivity index (χ3v) is 11.5. The van der Waals surface area contributed by atoms with Crippen LogP contribution in [0.15, 0.2) is 48.8 Å². The zero-order chi connectivity index (χ0) is 40.4. The van der Waals surface area contributed by atoms with E-state index in [4.69, 9.17) is 56.4 Å². The molecule has 57 heavy (non-hydrogen) atoms. The summed E-state index contributed by atoms with van der Waals surface area (Å²) in [5, 5.41) is 0.454. The highest BCUT2D eigenvalue weighted by molar-refractivity contribution is 7.92. The second-order valence-corrected chi connectivity index (χ2v) is 16.7. The Morgan fingerprint density at radius 3 is 2.42 bits per heavy atom. The molecule has 18 heteroatoms. The molecule has 0 radical (unpaired) electrons. The number of anilines is 1. The number of pyridine rings is 1. The molecule has 2 aliphatic heterocycles. The Bertz CT molecular complexity index is 1890. The Labute approximate surface area is 341 Å². The van der Waals surface area contributed by atoms with Crippen LogP contribution in [0.3, 0.4) is 0 Å². The lowest BCUT2D eigenvalue weighted by Crippen LogP contribution is -2.43. The number of hydrogen-bond acceptors (Lipinski definition) is 12. The molecule has 6 rings (SSSR count). The molecule has 1 saturated carbocycles.